The maximum absolute atomic E-state index is 11.0. The fourth-order valence-electron chi connectivity index (χ4n) is 1.79. The molecule has 0 aromatic heterocycles. The average Bonchev–Trinajstić information content (AvgIpc) is 2.58. The Labute approximate surface area is 134 Å². The fraction of sp³-hybridized carbons (Fsp3) is 0.118. The summed E-state index contributed by atoms with van der Waals surface area (Å²) in [6.45, 7) is 2.20. The minimum atomic E-state index is -1.08. The molecule has 0 unspecified atom stereocenters. The highest BCUT2D eigenvalue weighted by atomic mass is 16.5. The van der Waals surface area contributed by atoms with Crippen LogP contribution in [0.25, 0.3) is 0 Å². The van der Waals surface area contributed by atoms with Crippen molar-refractivity contribution in [2.75, 3.05) is 0 Å². The molecule has 0 aliphatic rings. The predicted octanol–water partition coefficient (Wildman–Crippen LogP) is 1.59. The number of nitrogens with two attached hydrogens (primary N) is 1. The molecule has 118 valence electrons. The van der Waals surface area contributed by atoms with Crippen LogP contribution in [0.5, 0.6) is 5.75 Å². The van der Waals surface area contributed by atoms with E-state index in [2.05, 4.69) is 10.5 Å². The Hall–Kier alpha value is -3.15. The zero-order chi connectivity index (χ0) is 16.7. The molecule has 6 nitrogen and oxygen atoms in total. The van der Waals surface area contributed by atoms with Crippen molar-refractivity contribution < 1.29 is 14.3 Å². The van der Waals surface area contributed by atoms with Crippen molar-refractivity contribution in [3.8, 4) is 5.75 Å². The molecule has 0 atom stereocenters. The number of hydrazone groups is 1. The van der Waals surface area contributed by atoms with E-state index in [9.17, 15) is 9.59 Å². The number of carbonyl (C=O) groups excluding carboxylic acids is 2. The summed E-state index contributed by atoms with van der Waals surface area (Å²) < 4.78 is 5.69. The lowest BCUT2D eigenvalue weighted by atomic mass is 10.1. The van der Waals surface area contributed by atoms with Gasteiger partial charge < -0.3 is 10.5 Å². The molecule has 0 radical (unpaired) electrons. The summed E-state index contributed by atoms with van der Waals surface area (Å²) in [4.78, 5) is 21.6. The SMILES string of the molecule is C/C(=N/NC(=O)C(N)=O)c1ccc(OCc2ccccc2)cc1. The lowest BCUT2D eigenvalue weighted by Gasteiger charge is -2.07. The van der Waals surface area contributed by atoms with Gasteiger partial charge in [-0.3, -0.25) is 9.59 Å². The normalized spacial score (nSPS) is 10.9. The molecular weight excluding hydrogens is 294 g/mol. The van der Waals surface area contributed by atoms with Crippen molar-refractivity contribution in [3.05, 3.63) is 65.7 Å². The molecule has 2 aromatic carbocycles. The molecule has 0 fully saturated rings. The molecule has 3 N–H and O–H groups in total. The van der Waals surface area contributed by atoms with E-state index in [1.165, 1.54) is 0 Å². The van der Waals surface area contributed by atoms with Crippen LogP contribution in [0.2, 0.25) is 0 Å². The maximum Gasteiger partial charge on any atom is 0.329 e. The van der Waals surface area contributed by atoms with Crippen LogP contribution in [0.1, 0.15) is 18.1 Å². The number of hydrogen-bond acceptors (Lipinski definition) is 4. The minimum Gasteiger partial charge on any atom is -0.489 e. The summed E-state index contributed by atoms with van der Waals surface area (Å²) in [5, 5.41) is 3.81. The minimum absolute atomic E-state index is 0.488. The molecule has 6 heteroatoms. The third-order valence-corrected chi connectivity index (χ3v) is 3.07. The van der Waals surface area contributed by atoms with Gasteiger partial charge in [-0.25, -0.2) is 5.43 Å². The summed E-state index contributed by atoms with van der Waals surface area (Å²) in [5.41, 5.74) is 9.34. The van der Waals surface area contributed by atoms with Crippen LogP contribution in [-0.4, -0.2) is 17.5 Å². The molecule has 2 amide bonds. The van der Waals surface area contributed by atoms with Crippen molar-refractivity contribution in [1.29, 1.82) is 0 Å². The largest absolute Gasteiger partial charge is 0.489 e. The lowest BCUT2D eigenvalue weighted by Crippen LogP contribution is -2.33. The van der Waals surface area contributed by atoms with Crippen molar-refractivity contribution in [2.45, 2.75) is 13.5 Å². The Balaban J connectivity index is 1.94. The number of primary amides is 1. The number of nitrogens with zero attached hydrogens (tertiary/aromatic N) is 1. The molecule has 0 heterocycles. The first kappa shape index (κ1) is 16.2. The third-order valence-electron chi connectivity index (χ3n) is 3.07. The van der Waals surface area contributed by atoms with E-state index in [0.29, 0.717) is 12.3 Å². The van der Waals surface area contributed by atoms with Gasteiger partial charge in [0, 0.05) is 0 Å². The molecule has 23 heavy (non-hydrogen) atoms. The van der Waals surface area contributed by atoms with Crippen molar-refractivity contribution >= 4 is 17.5 Å². The van der Waals surface area contributed by atoms with E-state index in [1.807, 2.05) is 54.6 Å². The molecule has 2 aromatic rings. The van der Waals surface area contributed by atoms with Crippen LogP contribution in [0.3, 0.4) is 0 Å². The first-order valence-corrected chi connectivity index (χ1v) is 6.97. The molecule has 0 bridgehead atoms. The zero-order valence-electron chi connectivity index (χ0n) is 12.7. The predicted molar refractivity (Wildman–Crippen MR) is 86.8 cm³/mol. The molecule has 0 aliphatic carbocycles. The van der Waals surface area contributed by atoms with Crippen molar-refractivity contribution in [3.63, 3.8) is 0 Å². The monoisotopic (exact) mass is 311 g/mol. The lowest BCUT2D eigenvalue weighted by molar-refractivity contribution is -0.137. The standard InChI is InChI=1S/C17H17N3O3/c1-12(19-20-17(22)16(18)21)14-7-9-15(10-8-14)23-11-13-5-3-2-4-6-13/h2-10H,11H2,1H3,(H2,18,21)(H,20,22)/b19-12-. The first-order valence-electron chi connectivity index (χ1n) is 6.97. The third kappa shape index (κ3) is 4.96. The van der Waals surface area contributed by atoms with E-state index < -0.39 is 11.8 Å². The van der Waals surface area contributed by atoms with Gasteiger partial charge in [0.2, 0.25) is 0 Å². The van der Waals surface area contributed by atoms with E-state index in [-0.39, 0.29) is 0 Å². The Bertz CT molecular complexity index is 710. The van der Waals surface area contributed by atoms with E-state index in [4.69, 9.17) is 10.5 Å². The van der Waals surface area contributed by atoms with Crippen LogP contribution < -0.4 is 15.9 Å². The fourth-order valence-corrected chi connectivity index (χ4v) is 1.79. The molecular formula is C17H17N3O3. The van der Waals surface area contributed by atoms with E-state index >= 15 is 0 Å². The molecule has 0 saturated heterocycles. The smallest absolute Gasteiger partial charge is 0.329 e. The molecule has 2 rings (SSSR count). The Morgan fingerprint density at radius 2 is 1.74 bits per heavy atom. The number of ether oxygens (including phenoxy) is 1. The highest BCUT2D eigenvalue weighted by Crippen LogP contribution is 2.14. The topological polar surface area (TPSA) is 93.8 Å². The number of rotatable bonds is 5. The Morgan fingerprint density at radius 3 is 2.35 bits per heavy atom. The average molecular weight is 311 g/mol. The van der Waals surface area contributed by atoms with Gasteiger partial charge in [-0.2, -0.15) is 5.10 Å². The van der Waals surface area contributed by atoms with Gasteiger partial charge in [-0.15, -0.1) is 0 Å². The highest BCUT2D eigenvalue weighted by molar-refractivity contribution is 6.34. The number of amides is 2. The van der Waals surface area contributed by atoms with Crippen molar-refractivity contribution in [1.82, 2.24) is 5.43 Å². The van der Waals surface area contributed by atoms with Crippen LogP contribution in [-0.2, 0) is 16.2 Å². The highest BCUT2D eigenvalue weighted by Gasteiger charge is 2.07. The molecule has 0 saturated carbocycles. The molecule has 0 spiro atoms. The van der Waals surface area contributed by atoms with Crippen LogP contribution in [0.15, 0.2) is 59.7 Å². The second kappa shape index (κ2) is 7.74. The van der Waals surface area contributed by atoms with Gasteiger partial charge >= 0.3 is 11.8 Å². The van der Waals surface area contributed by atoms with Gasteiger partial charge in [0.25, 0.3) is 0 Å². The van der Waals surface area contributed by atoms with E-state index in [0.717, 1.165) is 16.9 Å². The van der Waals surface area contributed by atoms with Gasteiger partial charge in [0.15, 0.2) is 0 Å². The van der Waals surface area contributed by atoms with Gasteiger partial charge in [-0.05, 0) is 42.3 Å². The van der Waals surface area contributed by atoms with Crippen molar-refractivity contribution in [2.24, 2.45) is 10.8 Å². The summed E-state index contributed by atoms with van der Waals surface area (Å²) in [7, 11) is 0. The van der Waals surface area contributed by atoms with Crippen LogP contribution in [0, 0.1) is 0 Å². The number of carbonyl (C=O) groups is 2. The Morgan fingerprint density at radius 1 is 1.09 bits per heavy atom. The van der Waals surface area contributed by atoms with Crippen LogP contribution in [0.4, 0.5) is 0 Å². The summed E-state index contributed by atoms with van der Waals surface area (Å²) in [6.07, 6.45) is 0. The van der Waals surface area contributed by atoms with Gasteiger partial charge in [0.05, 0.1) is 5.71 Å². The second-order valence-electron chi connectivity index (χ2n) is 4.80. The zero-order valence-corrected chi connectivity index (χ0v) is 12.7. The summed E-state index contributed by atoms with van der Waals surface area (Å²) in [6, 6.07) is 17.1. The second-order valence-corrected chi connectivity index (χ2v) is 4.80. The number of benzene rings is 2. The quantitative estimate of drug-likeness (QED) is 0.499. The summed E-state index contributed by atoms with van der Waals surface area (Å²) in [5.74, 6) is -1.30. The van der Waals surface area contributed by atoms with Crippen LogP contribution >= 0.6 is 0 Å². The van der Waals surface area contributed by atoms with E-state index in [1.54, 1.807) is 6.92 Å². The number of hydrogen-bond donors (Lipinski definition) is 2. The van der Waals surface area contributed by atoms with Gasteiger partial charge in [-0.1, -0.05) is 30.3 Å². The summed E-state index contributed by atoms with van der Waals surface area (Å²) >= 11 is 0. The molecule has 0 aliphatic heterocycles. The first-order chi connectivity index (χ1) is 11.1. The maximum atomic E-state index is 11.0. The Kier molecular flexibility index (Phi) is 5.46. The van der Waals surface area contributed by atoms with Gasteiger partial charge in [0.1, 0.15) is 12.4 Å². The number of nitrogens with one attached hydrogen (secondary N) is 1.